The van der Waals surface area contributed by atoms with Crippen LogP contribution in [0.5, 0.6) is 0 Å². The van der Waals surface area contributed by atoms with Crippen LogP contribution in [0.1, 0.15) is 13.8 Å². The number of carboxylic acids is 1. The second-order valence-electron chi connectivity index (χ2n) is 2.50. The van der Waals surface area contributed by atoms with Gasteiger partial charge >= 0.3 is 5.97 Å². The van der Waals surface area contributed by atoms with Crippen molar-refractivity contribution in [1.82, 2.24) is 5.32 Å². The first-order valence-electron chi connectivity index (χ1n) is 3.49. The minimum atomic E-state index is -0.804. The van der Waals surface area contributed by atoms with Crippen LogP contribution >= 0.6 is 0 Å². The second kappa shape index (κ2) is 4.75. The van der Waals surface area contributed by atoms with Crippen LogP contribution in [-0.4, -0.2) is 23.7 Å². The zero-order chi connectivity index (χ0) is 8.85. The summed E-state index contributed by atoms with van der Waals surface area (Å²) in [5, 5.41) is 11.5. The highest BCUT2D eigenvalue weighted by atomic mass is 16.4. The van der Waals surface area contributed by atoms with Crippen LogP contribution in [0.2, 0.25) is 0 Å². The first kappa shape index (κ1) is 9.99. The van der Waals surface area contributed by atoms with Crippen LogP contribution in [0.3, 0.4) is 0 Å². The number of aliphatic carboxylic acids is 1. The molecule has 0 saturated heterocycles. The molecule has 3 heteroatoms. The summed E-state index contributed by atoms with van der Waals surface area (Å²) in [6.45, 7) is 3.87. The standard InChI is InChI=1S/C8H13NO2/c1-4-5-9-7(3)6(2)8(10)11/h1,6-7,9H,5H2,2-3H3,(H,10,11). The zero-order valence-electron chi connectivity index (χ0n) is 6.79. The SMILES string of the molecule is C#CCNC(C)C(C)C(=O)O. The van der Waals surface area contributed by atoms with E-state index in [1.807, 2.05) is 0 Å². The first-order chi connectivity index (χ1) is 5.09. The zero-order valence-corrected chi connectivity index (χ0v) is 6.79. The molecule has 0 aliphatic rings. The Kier molecular flexibility index (Phi) is 4.32. The largest absolute Gasteiger partial charge is 0.481 e. The maximum atomic E-state index is 10.4. The average Bonchev–Trinajstić information content (AvgIpc) is 1.98. The fraction of sp³-hybridized carbons (Fsp3) is 0.625. The van der Waals surface area contributed by atoms with E-state index >= 15 is 0 Å². The lowest BCUT2D eigenvalue weighted by Gasteiger charge is -2.15. The third-order valence-electron chi connectivity index (χ3n) is 1.67. The summed E-state index contributed by atoms with van der Waals surface area (Å²) >= 11 is 0. The summed E-state index contributed by atoms with van der Waals surface area (Å²) in [4.78, 5) is 10.4. The van der Waals surface area contributed by atoms with Gasteiger partial charge in [-0.05, 0) is 6.92 Å². The normalized spacial score (nSPS) is 15.0. The molecule has 0 aliphatic heterocycles. The van der Waals surface area contributed by atoms with Crippen LogP contribution in [0.15, 0.2) is 0 Å². The molecule has 0 bridgehead atoms. The van der Waals surface area contributed by atoms with Crippen molar-refractivity contribution in [3.05, 3.63) is 0 Å². The van der Waals surface area contributed by atoms with Crippen molar-refractivity contribution in [3.63, 3.8) is 0 Å². The second-order valence-corrected chi connectivity index (χ2v) is 2.50. The van der Waals surface area contributed by atoms with Crippen molar-refractivity contribution < 1.29 is 9.90 Å². The van der Waals surface area contributed by atoms with Crippen LogP contribution in [-0.2, 0) is 4.79 Å². The lowest BCUT2D eigenvalue weighted by molar-refractivity contribution is -0.141. The van der Waals surface area contributed by atoms with Gasteiger partial charge in [-0.3, -0.25) is 4.79 Å². The third-order valence-corrected chi connectivity index (χ3v) is 1.67. The fourth-order valence-electron chi connectivity index (χ4n) is 0.611. The molecule has 0 aliphatic carbocycles. The van der Waals surface area contributed by atoms with Crippen LogP contribution < -0.4 is 5.32 Å². The number of nitrogens with one attached hydrogen (secondary N) is 1. The van der Waals surface area contributed by atoms with Gasteiger partial charge in [0.05, 0.1) is 12.5 Å². The molecular formula is C8H13NO2. The molecule has 0 aromatic rings. The van der Waals surface area contributed by atoms with Crippen molar-refractivity contribution in [2.75, 3.05) is 6.54 Å². The predicted molar refractivity (Wildman–Crippen MR) is 43.1 cm³/mol. The quantitative estimate of drug-likeness (QED) is 0.575. The molecule has 62 valence electrons. The molecule has 2 atom stereocenters. The van der Waals surface area contributed by atoms with Gasteiger partial charge in [-0.2, -0.15) is 0 Å². The number of hydrogen-bond donors (Lipinski definition) is 2. The van der Waals surface area contributed by atoms with E-state index in [1.165, 1.54) is 0 Å². The van der Waals surface area contributed by atoms with Crippen molar-refractivity contribution in [3.8, 4) is 12.3 Å². The van der Waals surface area contributed by atoms with Crippen LogP contribution in [0, 0.1) is 18.3 Å². The van der Waals surface area contributed by atoms with Gasteiger partial charge in [0.15, 0.2) is 0 Å². The summed E-state index contributed by atoms with van der Waals surface area (Å²) < 4.78 is 0. The summed E-state index contributed by atoms with van der Waals surface area (Å²) in [6.07, 6.45) is 4.99. The Morgan fingerprint density at radius 2 is 2.27 bits per heavy atom. The summed E-state index contributed by atoms with van der Waals surface area (Å²) in [7, 11) is 0. The van der Waals surface area contributed by atoms with Crippen molar-refractivity contribution in [1.29, 1.82) is 0 Å². The monoisotopic (exact) mass is 155 g/mol. The number of rotatable bonds is 4. The van der Waals surface area contributed by atoms with E-state index in [1.54, 1.807) is 13.8 Å². The van der Waals surface area contributed by atoms with Crippen molar-refractivity contribution in [2.45, 2.75) is 19.9 Å². The van der Waals surface area contributed by atoms with Gasteiger partial charge in [0, 0.05) is 6.04 Å². The minimum Gasteiger partial charge on any atom is -0.481 e. The molecule has 0 amide bonds. The number of terminal acetylenes is 1. The Hall–Kier alpha value is -1.01. The van der Waals surface area contributed by atoms with E-state index in [4.69, 9.17) is 11.5 Å². The fourth-order valence-corrected chi connectivity index (χ4v) is 0.611. The number of carboxylic acid groups (broad SMARTS) is 1. The molecular weight excluding hydrogens is 142 g/mol. The van der Waals surface area contributed by atoms with E-state index in [0.717, 1.165) is 0 Å². The molecule has 0 aromatic heterocycles. The minimum absolute atomic E-state index is 0.0800. The highest BCUT2D eigenvalue weighted by Crippen LogP contribution is 2.00. The smallest absolute Gasteiger partial charge is 0.307 e. The van der Waals surface area contributed by atoms with Gasteiger partial charge in [0.25, 0.3) is 0 Å². The van der Waals surface area contributed by atoms with Gasteiger partial charge in [-0.15, -0.1) is 6.42 Å². The van der Waals surface area contributed by atoms with Gasteiger partial charge in [-0.1, -0.05) is 12.8 Å². The van der Waals surface area contributed by atoms with Crippen molar-refractivity contribution >= 4 is 5.97 Å². The van der Waals surface area contributed by atoms with E-state index in [0.29, 0.717) is 6.54 Å². The maximum Gasteiger partial charge on any atom is 0.307 e. The average molecular weight is 155 g/mol. The van der Waals surface area contributed by atoms with E-state index in [-0.39, 0.29) is 6.04 Å². The Morgan fingerprint density at radius 3 is 2.64 bits per heavy atom. The van der Waals surface area contributed by atoms with Crippen LogP contribution in [0.4, 0.5) is 0 Å². The molecule has 11 heavy (non-hydrogen) atoms. The molecule has 0 saturated carbocycles. The van der Waals surface area contributed by atoms with E-state index in [9.17, 15) is 4.79 Å². The molecule has 0 heterocycles. The molecule has 0 radical (unpaired) electrons. The van der Waals surface area contributed by atoms with E-state index < -0.39 is 11.9 Å². The Labute approximate surface area is 66.8 Å². The predicted octanol–water partition coefficient (Wildman–Crippen LogP) is 0.318. The summed E-state index contributed by atoms with van der Waals surface area (Å²) in [5.41, 5.74) is 0. The van der Waals surface area contributed by atoms with Crippen molar-refractivity contribution in [2.24, 2.45) is 5.92 Å². The topological polar surface area (TPSA) is 49.3 Å². The molecule has 0 spiro atoms. The third kappa shape index (κ3) is 3.64. The summed E-state index contributed by atoms with van der Waals surface area (Å²) in [5.74, 6) is 1.18. The Morgan fingerprint density at radius 1 is 1.73 bits per heavy atom. The van der Waals surface area contributed by atoms with Crippen LogP contribution in [0.25, 0.3) is 0 Å². The Balaban J connectivity index is 3.75. The number of hydrogen-bond acceptors (Lipinski definition) is 2. The molecule has 2 unspecified atom stereocenters. The van der Waals surface area contributed by atoms with Gasteiger partial charge in [-0.25, -0.2) is 0 Å². The lowest BCUT2D eigenvalue weighted by Crippen LogP contribution is -2.36. The van der Waals surface area contributed by atoms with Gasteiger partial charge in [0.2, 0.25) is 0 Å². The highest BCUT2D eigenvalue weighted by Gasteiger charge is 2.17. The van der Waals surface area contributed by atoms with E-state index in [2.05, 4.69) is 11.2 Å². The lowest BCUT2D eigenvalue weighted by atomic mass is 10.0. The maximum absolute atomic E-state index is 10.4. The Bertz CT molecular complexity index is 171. The molecule has 0 fully saturated rings. The van der Waals surface area contributed by atoms with Gasteiger partial charge in [0.1, 0.15) is 0 Å². The molecule has 3 nitrogen and oxygen atoms in total. The molecule has 2 N–H and O–H groups in total. The first-order valence-corrected chi connectivity index (χ1v) is 3.49. The summed E-state index contributed by atoms with van der Waals surface area (Å²) in [6, 6.07) is -0.0800. The van der Waals surface area contributed by atoms with Gasteiger partial charge < -0.3 is 10.4 Å². The molecule has 0 rings (SSSR count). The highest BCUT2D eigenvalue weighted by molar-refractivity contribution is 5.70. The molecule has 0 aromatic carbocycles. The number of carbonyl (C=O) groups is 1.